The molecule has 0 unspecified atom stereocenters. The fraction of sp³-hybridized carbons (Fsp3) is 0.636. The predicted molar refractivity (Wildman–Crippen MR) is 130 cm³/mol. The Hall–Kier alpha value is -1.51. The van der Waals surface area contributed by atoms with Gasteiger partial charge in [0.15, 0.2) is 5.96 Å². The molecule has 1 saturated carbocycles. The number of hydrogen-bond acceptors (Lipinski definition) is 3. The van der Waals surface area contributed by atoms with Crippen LogP contribution < -0.4 is 15.4 Å². The summed E-state index contributed by atoms with van der Waals surface area (Å²) in [6.07, 6.45) is 6.07. The van der Waals surface area contributed by atoms with Gasteiger partial charge in [0.2, 0.25) is 5.91 Å². The van der Waals surface area contributed by atoms with E-state index in [9.17, 15) is 4.79 Å². The first-order valence-corrected chi connectivity index (χ1v) is 10.5. The van der Waals surface area contributed by atoms with Crippen LogP contribution in [0.5, 0.6) is 5.75 Å². The monoisotopic (exact) mass is 516 g/mol. The van der Waals surface area contributed by atoms with Gasteiger partial charge in [-0.1, -0.05) is 31.0 Å². The predicted octanol–water partition coefficient (Wildman–Crippen LogP) is 3.67. The Kier molecular flexibility index (Phi) is 12.0. The zero-order chi connectivity index (χ0) is 20.2. The molecule has 29 heavy (non-hydrogen) atoms. The van der Waals surface area contributed by atoms with Crippen LogP contribution in [0.25, 0.3) is 0 Å². The lowest BCUT2D eigenvalue weighted by molar-refractivity contribution is -0.138. The van der Waals surface area contributed by atoms with Crippen LogP contribution in [0, 0.1) is 5.41 Å². The quantitative estimate of drug-likeness (QED) is 0.216. The number of para-hydroxylation sites is 1. The third kappa shape index (κ3) is 8.40. The first kappa shape index (κ1) is 25.5. The van der Waals surface area contributed by atoms with E-state index in [-0.39, 0.29) is 35.3 Å². The van der Waals surface area contributed by atoms with Crippen molar-refractivity contribution >= 4 is 35.8 Å². The number of ether oxygens (including phenoxy) is 1. The number of halogens is 1. The second kappa shape index (κ2) is 13.7. The van der Waals surface area contributed by atoms with Gasteiger partial charge in [-0.2, -0.15) is 0 Å². The van der Waals surface area contributed by atoms with Crippen LogP contribution >= 0.6 is 24.0 Å². The molecule has 0 atom stereocenters. The molecule has 164 valence electrons. The first-order chi connectivity index (χ1) is 13.6. The van der Waals surface area contributed by atoms with E-state index < -0.39 is 0 Å². The average Bonchev–Trinajstić information content (AvgIpc) is 3.18. The van der Waals surface area contributed by atoms with E-state index in [0.29, 0.717) is 13.2 Å². The lowest BCUT2D eigenvalue weighted by Gasteiger charge is -2.29. The highest BCUT2D eigenvalue weighted by atomic mass is 127. The number of carbonyl (C=O) groups excluding carboxylic acids is 1. The molecule has 1 aliphatic rings. The van der Waals surface area contributed by atoms with Crippen molar-refractivity contribution in [2.45, 2.75) is 45.4 Å². The molecule has 0 bridgehead atoms. The van der Waals surface area contributed by atoms with Gasteiger partial charge in [-0.15, -0.1) is 24.0 Å². The largest absolute Gasteiger partial charge is 0.494 e. The maximum Gasteiger partial charge on any atom is 0.230 e. The van der Waals surface area contributed by atoms with Crippen LogP contribution in [-0.4, -0.2) is 57.1 Å². The van der Waals surface area contributed by atoms with Gasteiger partial charge in [-0.25, -0.2) is 0 Å². The minimum Gasteiger partial charge on any atom is -0.494 e. The highest BCUT2D eigenvalue weighted by molar-refractivity contribution is 14.0. The maximum absolute atomic E-state index is 12.7. The number of nitrogens with one attached hydrogen (secondary N) is 2. The highest BCUT2D eigenvalue weighted by Gasteiger charge is 2.41. The first-order valence-electron chi connectivity index (χ1n) is 10.5. The number of hydrogen-bond donors (Lipinski definition) is 2. The normalized spacial score (nSPS) is 15.3. The SMILES string of the molecule is CCNC(=NCC1(C(=O)N(C)C)CCCC1)NCCCCOc1ccccc1.I. The number of carbonyl (C=O) groups is 1. The Morgan fingerprint density at radius 2 is 1.83 bits per heavy atom. The summed E-state index contributed by atoms with van der Waals surface area (Å²) in [5, 5.41) is 6.68. The molecule has 0 aromatic heterocycles. The van der Waals surface area contributed by atoms with Crippen molar-refractivity contribution in [1.29, 1.82) is 0 Å². The number of aliphatic imine (C=N–C) groups is 1. The third-order valence-electron chi connectivity index (χ3n) is 5.18. The molecule has 1 fully saturated rings. The molecule has 1 aromatic rings. The van der Waals surface area contributed by atoms with Crippen LogP contribution in [0.2, 0.25) is 0 Å². The van der Waals surface area contributed by atoms with E-state index in [1.54, 1.807) is 4.90 Å². The Morgan fingerprint density at radius 3 is 2.45 bits per heavy atom. The Labute approximate surface area is 192 Å². The molecule has 0 saturated heterocycles. The van der Waals surface area contributed by atoms with Crippen molar-refractivity contribution in [2.75, 3.05) is 40.3 Å². The van der Waals surface area contributed by atoms with Gasteiger partial charge < -0.3 is 20.3 Å². The van der Waals surface area contributed by atoms with Crippen molar-refractivity contribution in [3.8, 4) is 5.75 Å². The summed E-state index contributed by atoms with van der Waals surface area (Å²) in [7, 11) is 3.68. The minimum atomic E-state index is -0.324. The number of benzene rings is 1. The molecule has 2 rings (SSSR count). The lowest BCUT2D eigenvalue weighted by atomic mass is 9.85. The smallest absolute Gasteiger partial charge is 0.230 e. The highest BCUT2D eigenvalue weighted by Crippen LogP contribution is 2.39. The fourth-order valence-electron chi connectivity index (χ4n) is 3.68. The molecule has 0 radical (unpaired) electrons. The van der Waals surface area contributed by atoms with Gasteiger partial charge in [-0.05, 0) is 44.7 Å². The van der Waals surface area contributed by atoms with Crippen molar-refractivity contribution in [3.05, 3.63) is 30.3 Å². The van der Waals surface area contributed by atoms with Gasteiger partial charge in [0.1, 0.15) is 5.75 Å². The second-order valence-corrected chi connectivity index (χ2v) is 7.68. The Balaban J connectivity index is 0.00000420. The van der Waals surface area contributed by atoms with Gasteiger partial charge in [0.25, 0.3) is 0 Å². The summed E-state index contributed by atoms with van der Waals surface area (Å²) in [5.74, 6) is 1.92. The van der Waals surface area contributed by atoms with Crippen molar-refractivity contribution in [1.82, 2.24) is 15.5 Å². The van der Waals surface area contributed by atoms with E-state index in [1.165, 1.54) is 0 Å². The molecule has 1 aromatic carbocycles. The maximum atomic E-state index is 12.7. The molecule has 0 spiro atoms. The Bertz CT molecular complexity index is 616. The molecule has 1 aliphatic carbocycles. The van der Waals surface area contributed by atoms with Crippen LogP contribution in [0.1, 0.15) is 45.4 Å². The average molecular weight is 516 g/mol. The van der Waals surface area contributed by atoms with Crippen molar-refractivity contribution in [2.24, 2.45) is 10.4 Å². The van der Waals surface area contributed by atoms with E-state index in [0.717, 1.165) is 63.3 Å². The van der Waals surface area contributed by atoms with Gasteiger partial charge in [-0.3, -0.25) is 9.79 Å². The zero-order valence-electron chi connectivity index (χ0n) is 18.1. The molecule has 0 aliphatic heterocycles. The van der Waals surface area contributed by atoms with Crippen molar-refractivity contribution < 1.29 is 9.53 Å². The zero-order valence-corrected chi connectivity index (χ0v) is 20.4. The summed E-state index contributed by atoms with van der Waals surface area (Å²) in [6.45, 7) is 4.95. The summed E-state index contributed by atoms with van der Waals surface area (Å²) in [4.78, 5) is 19.2. The van der Waals surface area contributed by atoms with Crippen LogP contribution in [0.3, 0.4) is 0 Å². The molecule has 6 nitrogen and oxygen atoms in total. The fourth-order valence-corrected chi connectivity index (χ4v) is 3.68. The van der Waals surface area contributed by atoms with E-state index >= 15 is 0 Å². The number of unbranched alkanes of at least 4 members (excludes halogenated alkanes) is 1. The summed E-state index contributed by atoms with van der Waals surface area (Å²) in [6, 6.07) is 9.90. The summed E-state index contributed by atoms with van der Waals surface area (Å²) in [5.41, 5.74) is -0.324. The third-order valence-corrected chi connectivity index (χ3v) is 5.18. The minimum absolute atomic E-state index is 0. The molecular weight excluding hydrogens is 479 g/mol. The molecule has 1 amide bonds. The van der Waals surface area contributed by atoms with E-state index in [4.69, 9.17) is 9.73 Å². The van der Waals surface area contributed by atoms with Crippen LogP contribution in [0.15, 0.2) is 35.3 Å². The number of amides is 1. The van der Waals surface area contributed by atoms with Gasteiger partial charge in [0.05, 0.1) is 18.6 Å². The van der Waals surface area contributed by atoms with Crippen LogP contribution in [0.4, 0.5) is 0 Å². The van der Waals surface area contributed by atoms with Crippen LogP contribution in [-0.2, 0) is 4.79 Å². The van der Waals surface area contributed by atoms with Gasteiger partial charge >= 0.3 is 0 Å². The summed E-state index contributed by atoms with van der Waals surface area (Å²) < 4.78 is 5.72. The van der Waals surface area contributed by atoms with Crippen molar-refractivity contribution in [3.63, 3.8) is 0 Å². The molecule has 2 N–H and O–H groups in total. The topological polar surface area (TPSA) is 66.0 Å². The van der Waals surface area contributed by atoms with Gasteiger partial charge in [0, 0.05) is 27.2 Å². The molecular formula is C22H37IN4O2. The second-order valence-electron chi connectivity index (χ2n) is 7.68. The van der Waals surface area contributed by atoms with E-state index in [2.05, 4.69) is 17.6 Å². The molecule has 7 heteroatoms. The number of rotatable bonds is 10. The Morgan fingerprint density at radius 1 is 1.14 bits per heavy atom. The number of guanidine groups is 1. The molecule has 0 heterocycles. The lowest BCUT2D eigenvalue weighted by Crippen LogP contribution is -2.43. The summed E-state index contributed by atoms with van der Waals surface area (Å²) >= 11 is 0. The number of nitrogens with zero attached hydrogens (tertiary/aromatic N) is 2. The van der Waals surface area contributed by atoms with E-state index in [1.807, 2.05) is 44.4 Å². The standard InChI is InChI=1S/C22H36N4O2.HI/c1-4-23-21(24-16-10-11-17-28-19-12-6-5-7-13-19)25-18-22(14-8-9-15-22)20(27)26(2)3;/h5-7,12-13H,4,8-11,14-18H2,1-3H3,(H2,23,24,25);1H.